The van der Waals surface area contributed by atoms with Gasteiger partial charge in [0.05, 0.1) is 39.6 Å². The molecular weight excluding hydrogens is 1300 g/mol. The number of ether oxygens (including phenoxy) is 9. The van der Waals surface area contributed by atoms with Crippen molar-refractivity contribution in [3.63, 3.8) is 0 Å². The van der Waals surface area contributed by atoms with E-state index in [1.165, 1.54) is 20.8 Å². The number of hydrogen-bond acceptors (Lipinski definition) is 27. The van der Waals surface area contributed by atoms with Gasteiger partial charge in [0.15, 0.2) is 18.9 Å². The van der Waals surface area contributed by atoms with Gasteiger partial charge in [-0.2, -0.15) is 0 Å². The monoisotopic (exact) mass is 1410 g/mol. The van der Waals surface area contributed by atoms with Gasteiger partial charge in [0.1, 0.15) is 92.9 Å². The third-order valence-corrected chi connectivity index (χ3v) is 16.3. The maximum Gasteiger partial charge on any atom is 0.245 e. The van der Waals surface area contributed by atoms with Crippen molar-refractivity contribution in [2.45, 2.75) is 216 Å². The molecule has 9 amide bonds. The lowest BCUT2D eigenvalue weighted by Gasteiger charge is -2.42. The number of aliphatic hydroxyl groups excluding tert-OH is 9. The minimum atomic E-state index is -1.43. The first-order chi connectivity index (χ1) is 46.8. The maximum atomic E-state index is 13.0. The molecule has 18 N–H and O–H groups in total. The summed E-state index contributed by atoms with van der Waals surface area (Å²) in [4.78, 5) is 111. The summed E-state index contributed by atoms with van der Waals surface area (Å²) in [5.41, 5.74) is -0.674. The van der Waals surface area contributed by atoms with Gasteiger partial charge in [0.25, 0.3) is 0 Å². The van der Waals surface area contributed by atoms with Crippen LogP contribution in [0.25, 0.3) is 0 Å². The lowest BCUT2D eigenvalue weighted by molar-refractivity contribution is -0.270. The maximum absolute atomic E-state index is 13.0. The number of hydrogen-bond donors (Lipinski definition) is 18. The first-order valence-electron chi connectivity index (χ1n) is 33.7. The number of unbranched alkanes of at least 4 members (excludes halogenated alkanes) is 6. The lowest BCUT2D eigenvalue weighted by atomic mass is 9.77. The van der Waals surface area contributed by atoms with Gasteiger partial charge in [-0.3, -0.25) is 43.2 Å². The number of carbonyl (C=O) groups excluding carboxylic acids is 9. The Hall–Kier alpha value is -5.49. The lowest BCUT2D eigenvalue weighted by Crippen LogP contribution is -2.64. The molecule has 3 aliphatic rings. The highest BCUT2D eigenvalue weighted by atomic mass is 16.7. The largest absolute Gasteiger partial charge is 0.394 e. The highest BCUT2D eigenvalue weighted by Gasteiger charge is 2.48. The van der Waals surface area contributed by atoms with Crippen LogP contribution in [-0.4, -0.2) is 310 Å². The van der Waals surface area contributed by atoms with E-state index in [1.807, 2.05) is 6.92 Å². The molecule has 0 saturated carbocycles. The highest BCUT2D eigenvalue weighted by molar-refractivity contribution is 5.79. The fourth-order valence-corrected chi connectivity index (χ4v) is 10.7. The molecule has 566 valence electrons. The van der Waals surface area contributed by atoms with E-state index in [9.17, 15) is 89.1 Å². The second-order valence-electron chi connectivity index (χ2n) is 24.7. The van der Waals surface area contributed by atoms with E-state index in [0.29, 0.717) is 96.7 Å². The zero-order valence-corrected chi connectivity index (χ0v) is 56.9. The van der Waals surface area contributed by atoms with Crippen molar-refractivity contribution in [2.75, 3.05) is 119 Å². The Morgan fingerprint density at radius 3 is 0.847 bits per heavy atom. The summed E-state index contributed by atoms with van der Waals surface area (Å²) in [5, 5.41) is 114. The second-order valence-corrected chi connectivity index (χ2v) is 24.7. The Balaban J connectivity index is 1.35. The van der Waals surface area contributed by atoms with Gasteiger partial charge in [0.2, 0.25) is 53.2 Å². The van der Waals surface area contributed by atoms with Crippen LogP contribution in [0.1, 0.15) is 124 Å². The zero-order valence-electron chi connectivity index (χ0n) is 56.9. The van der Waals surface area contributed by atoms with Crippen molar-refractivity contribution in [1.29, 1.82) is 0 Å². The van der Waals surface area contributed by atoms with Crippen LogP contribution < -0.4 is 47.9 Å². The molecule has 0 bridgehead atoms. The van der Waals surface area contributed by atoms with Gasteiger partial charge in [-0.25, -0.2) is 0 Å². The molecular formula is C62H111N9O27. The molecule has 0 aromatic heterocycles. The van der Waals surface area contributed by atoms with Crippen LogP contribution in [-0.2, 0) is 85.8 Å². The highest BCUT2D eigenvalue weighted by Crippen LogP contribution is 2.35. The molecule has 3 heterocycles. The molecule has 15 atom stereocenters. The number of aliphatic hydroxyl groups is 9. The van der Waals surface area contributed by atoms with Crippen molar-refractivity contribution < 1.29 is 132 Å². The molecule has 0 unspecified atom stereocenters. The average molecular weight is 1410 g/mol. The predicted molar refractivity (Wildman–Crippen MR) is 342 cm³/mol. The molecule has 0 radical (unpaired) electrons. The Kier molecular flexibility index (Phi) is 43.5. The molecule has 3 saturated heterocycles. The van der Waals surface area contributed by atoms with E-state index in [4.69, 9.17) is 42.6 Å². The SMILES string of the molecule is CC(=O)N[C@H]1[C@H](OCCCCCNC(=O)COCCNC(=O)CCC(C)(CCC(=O)NCCOCC(=O)NCCCCCO[C@@H]2O[C@H](CO)[C@H](O)[C@H](O)[C@H]2NC(C)=O)CCC(=O)NCCOCC(=O)NCCCCCO[C@@H]2O[C@H](CO)[C@H](O)[C@H](O)[C@H]2NC(C)=O)O[C@H](CO)[C@H](O)[C@@H]1O. The molecule has 3 aliphatic heterocycles. The number of amides is 9. The molecule has 0 spiro atoms. The van der Waals surface area contributed by atoms with Gasteiger partial charge < -0.3 is 136 Å². The molecule has 36 heteroatoms. The quantitative estimate of drug-likeness (QED) is 0.0252. The summed E-state index contributed by atoms with van der Waals surface area (Å²) in [7, 11) is 0. The Labute approximate surface area is 571 Å². The first-order valence-corrected chi connectivity index (χ1v) is 33.7. The number of nitrogens with one attached hydrogen (secondary N) is 9. The van der Waals surface area contributed by atoms with Crippen molar-refractivity contribution in [3.8, 4) is 0 Å². The molecule has 3 rings (SSSR count). The molecule has 0 aromatic rings. The summed E-state index contributed by atoms with van der Waals surface area (Å²) in [6, 6.07) is -3.15. The molecule has 36 nitrogen and oxygen atoms in total. The summed E-state index contributed by atoms with van der Waals surface area (Å²) >= 11 is 0. The van der Waals surface area contributed by atoms with Gasteiger partial charge in [0, 0.05) is 99.1 Å². The van der Waals surface area contributed by atoms with Gasteiger partial charge in [-0.05, 0) is 82.5 Å². The fraction of sp³-hybridized carbons (Fsp3) is 0.855. The van der Waals surface area contributed by atoms with Crippen LogP contribution in [0, 0.1) is 5.41 Å². The summed E-state index contributed by atoms with van der Waals surface area (Å²) in [6.07, 6.45) is -8.86. The Bertz CT molecular complexity index is 2110. The standard InChI is InChI=1S/C62H111N9O27/c1-38(75)69-50-56(87)53(84)41(32-72)96-59(50)93-26-11-5-8-20-63-47(81)35-90-29-23-66-44(78)14-17-62(4,18-15-45(79)67-24-30-91-36-48(82)64-21-9-6-12-27-94-60-51(70-39(2)76)57(88)54(85)42(33-73)97-60)19-16-46(80)68-25-31-92-37-49(83)65-22-10-7-13-28-95-61-52(71-40(3)77)58(89)55(86)43(34-74)98-61/h41-43,50-61,72-74,84-89H,5-37H2,1-4H3,(H,63,81)(H,64,82)(H,65,83)(H,66,78)(H,67,79)(H,68,80)(H,69,75)(H,70,76)(H,71,77)/t41-,42-,43-,50-,51-,52-,53+,54+,55+,56-,57-,58-,59-,60-,61-/m1/s1. The smallest absolute Gasteiger partial charge is 0.245 e. The third-order valence-electron chi connectivity index (χ3n) is 16.3. The van der Waals surface area contributed by atoms with Crippen molar-refractivity contribution in [1.82, 2.24) is 47.9 Å². The van der Waals surface area contributed by atoms with Crippen LogP contribution in [0.3, 0.4) is 0 Å². The molecule has 3 fully saturated rings. The summed E-state index contributed by atoms with van der Waals surface area (Å²) < 4.78 is 50.1. The van der Waals surface area contributed by atoms with E-state index in [0.717, 1.165) is 0 Å². The van der Waals surface area contributed by atoms with Crippen molar-refractivity contribution >= 4 is 53.2 Å². The number of carbonyl (C=O) groups is 9. The average Bonchev–Trinajstić information content (AvgIpc) is 0.825. The predicted octanol–water partition coefficient (Wildman–Crippen LogP) is -6.53. The summed E-state index contributed by atoms with van der Waals surface area (Å²) in [5.74, 6) is -3.47. The van der Waals surface area contributed by atoms with Crippen LogP contribution in [0.4, 0.5) is 0 Å². The van der Waals surface area contributed by atoms with Crippen molar-refractivity contribution in [2.24, 2.45) is 5.41 Å². The topological polar surface area (TPSA) is 527 Å². The second kappa shape index (κ2) is 49.1. The zero-order chi connectivity index (χ0) is 72.4. The first kappa shape index (κ1) is 86.7. The van der Waals surface area contributed by atoms with E-state index in [-0.39, 0.29) is 134 Å². The minimum absolute atomic E-state index is 0.0342. The summed E-state index contributed by atoms with van der Waals surface area (Å²) in [6.45, 7) is 5.06. The van der Waals surface area contributed by atoms with Gasteiger partial charge in [-0.15, -0.1) is 0 Å². The van der Waals surface area contributed by atoms with Crippen LogP contribution in [0.15, 0.2) is 0 Å². The molecule has 0 aliphatic carbocycles. The third kappa shape index (κ3) is 34.7. The fourth-order valence-electron chi connectivity index (χ4n) is 10.7. The van der Waals surface area contributed by atoms with Crippen LogP contribution in [0.5, 0.6) is 0 Å². The Morgan fingerprint density at radius 1 is 0.347 bits per heavy atom. The normalized spacial score (nSPS) is 25.5. The van der Waals surface area contributed by atoms with Crippen LogP contribution >= 0.6 is 0 Å². The number of rotatable bonds is 51. The van der Waals surface area contributed by atoms with Crippen LogP contribution in [0.2, 0.25) is 0 Å². The van der Waals surface area contributed by atoms with E-state index < -0.39 is 135 Å². The van der Waals surface area contributed by atoms with E-state index in [1.54, 1.807) is 0 Å². The van der Waals surface area contributed by atoms with E-state index >= 15 is 0 Å². The van der Waals surface area contributed by atoms with Gasteiger partial charge in [-0.1, -0.05) is 6.92 Å². The van der Waals surface area contributed by atoms with Gasteiger partial charge >= 0.3 is 0 Å². The molecule has 98 heavy (non-hydrogen) atoms. The van der Waals surface area contributed by atoms with Crippen molar-refractivity contribution in [3.05, 3.63) is 0 Å². The Morgan fingerprint density at radius 2 is 0.602 bits per heavy atom. The van der Waals surface area contributed by atoms with E-state index in [2.05, 4.69) is 47.9 Å². The minimum Gasteiger partial charge on any atom is -0.394 e. The molecule has 0 aromatic carbocycles.